The minimum Gasteiger partial charge on any atom is -0.327 e. The summed E-state index contributed by atoms with van der Waals surface area (Å²) in [6.45, 7) is 2.06. The van der Waals surface area contributed by atoms with Crippen LogP contribution in [-0.4, -0.2) is 11.0 Å². The molecule has 2 aromatic rings. The summed E-state index contributed by atoms with van der Waals surface area (Å²) < 4.78 is 13.1. The Bertz CT molecular complexity index is 496. The number of hydrogen-bond donors (Lipinski definition) is 1. The summed E-state index contributed by atoms with van der Waals surface area (Å²) in [5, 5.41) is 2.96. The zero-order chi connectivity index (χ0) is 12.3. The Morgan fingerprint density at radius 2 is 2.29 bits per heavy atom. The van der Waals surface area contributed by atoms with E-state index in [1.54, 1.807) is 17.4 Å². The summed E-state index contributed by atoms with van der Waals surface area (Å²) in [5.74, 6) is -0.234. The number of nitrogens with two attached hydrogens (primary N) is 1. The number of aromatic nitrogens is 1. The monoisotopic (exact) mass is 250 g/mol. The highest BCUT2D eigenvalue weighted by molar-refractivity contribution is 7.09. The molecule has 0 fully saturated rings. The highest BCUT2D eigenvalue weighted by atomic mass is 32.1. The van der Waals surface area contributed by atoms with Crippen molar-refractivity contribution in [3.8, 4) is 11.3 Å². The fourth-order valence-corrected chi connectivity index (χ4v) is 2.45. The highest BCUT2D eigenvalue weighted by Crippen LogP contribution is 2.23. The number of benzene rings is 1. The van der Waals surface area contributed by atoms with E-state index >= 15 is 0 Å². The van der Waals surface area contributed by atoms with Gasteiger partial charge in [0.2, 0.25) is 0 Å². The molecule has 4 heteroatoms. The molecule has 90 valence electrons. The largest absolute Gasteiger partial charge is 0.327 e. The molecular formula is C13H15FN2S. The van der Waals surface area contributed by atoms with E-state index in [1.165, 1.54) is 12.1 Å². The van der Waals surface area contributed by atoms with Crippen molar-refractivity contribution in [3.05, 3.63) is 40.5 Å². The maximum Gasteiger partial charge on any atom is 0.123 e. The maximum absolute atomic E-state index is 13.1. The second-order valence-electron chi connectivity index (χ2n) is 4.01. The molecule has 1 heterocycles. The Hall–Kier alpha value is -1.26. The van der Waals surface area contributed by atoms with E-state index in [0.717, 1.165) is 29.1 Å². The van der Waals surface area contributed by atoms with Crippen LogP contribution in [0.3, 0.4) is 0 Å². The molecule has 0 aliphatic carbocycles. The summed E-state index contributed by atoms with van der Waals surface area (Å²) in [7, 11) is 0. The van der Waals surface area contributed by atoms with Crippen LogP contribution in [0.25, 0.3) is 11.3 Å². The highest BCUT2D eigenvalue weighted by Gasteiger charge is 2.08. The SMILES string of the molecule is CCC(N)Cc1nc(-c2cccc(F)c2)cs1. The molecule has 2 rings (SSSR count). The lowest BCUT2D eigenvalue weighted by Crippen LogP contribution is -2.21. The summed E-state index contributed by atoms with van der Waals surface area (Å²) in [6.07, 6.45) is 1.73. The third kappa shape index (κ3) is 3.11. The number of halogens is 1. The fraction of sp³-hybridized carbons (Fsp3) is 0.308. The van der Waals surface area contributed by atoms with Crippen molar-refractivity contribution in [2.45, 2.75) is 25.8 Å². The molecule has 1 atom stereocenters. The Morgan fingerprint density at radius 1 is 1.47 bits per heavy atom. The van der Waals surface area contributed by atoms with Crippen LogP contribution in [0.15, 0.2) is 29.6 Å². The molecule has 0 radical (unpaired) electrons. The summed E-state index contributed by atoms with van der Waals surface area (Å²) in [6, 6.07) is 6.65. The first-order valence-electron chi connectivity index (χ1n) is 5.65. The van der Waals surface area contributed by atoms with Gasteiger partial charge in [0.1, 0.15) is 5.82 Å². The average Bonchev–Trinajstić information content (AvgIpc) is 2.77. The normalized spacial score (nSPS) is 12.6. The average molecular weight is 250 g/mol. The number of rotatable bonds is 4. The Balaban J connectivity index is 2.18. The van der Waals surface area contributed by atoms with Gasteiger partial charge in [0.15, 0.2) is 0 Å². The van der Waals surface area contributed by atoms with E-state index < -0.39 is 0 Å². The van der Waals surface area contributed by atoms with Gasteiger partial charge in [0, 0.05) is 23.4 Å². The van der Waals surface area contributed by atoms with Gasteiger partial charge in [0.05, 0.1) is 10.7 Å². The lowest BCUT2D eigenvalue weighted by molar-refractivity contribution is 0.628. The van der Waals surface area contributed by atoms with E-state index in [9.17, 15) is 4.39 Å². The van der Waals surface area contributed by atoms with Gasteiger partial charge in [-0.05, 0) is 18.6 Å². The summed E-state index contributed by atoms with van der Waals surface area (Å²) in [5.41, 5.74) is 7.53. The van der Waals surface area contributed by atoms with Gasteiger partial charge in [-0.15, -0.1) is 11.3 Å². The van der Waals surface area contributed by atoms with Crippen LogP contribution in [0, 0.1) is 5.82 Å². The number of hydrogen-bond acceptors (Lipinski definition) is 3. The maximum atomic E-state index is 13.1. The quantitative estimate of drug-likeness (QED) is 0.904. The second-order valence-corrected chi connectivity index (χ2v) is 4.95. The molecule has 0 amide bonds. The minimum atomic E-state index is -0.234. The van der Waals surface area contributed by atoms with Crippen molar-refractivity contribution >= 4 is 11.3 Å². The molecule has 0 bridgehead atoms. The molecule has 1 aromatic heterocycles. The third-order valence-electron chi connectivity index (χ3n) is 2.63. The standard InChI is InChI=1S/C13H15FN2S/c1-2-11(15)7-13-16-12(8-17-13)9-4-3-5-10(14)6-9/h3-6,8,11H,2,7,15H2,1H3. The second kappa shape index (κ2) is 5.38. The van der Waals surface area contributed by atoms with Gasteiger partial charge in [-0.3, -0.25) is 0 Å². The van der Waals surface area contributed by atoms with Crippen LogP contribution in [0.4, 0.5) is 4.39 Å². The van der Waals surface area contributed by atoms with E-state index in [0.29, 0.717) is 0 Å². The molecule has 1 aromatic carbocycles. The minimum absolute atomic E-state index is 0.154. The molecular weight excluding hydrogens is 235 g/mol. The summed E-state index contributed by atoms with van der Waals surface area (Å²) in [4.78, 5) is 4.48. The van der Waals surface area contributed by atoms with Gasteiger partial charge in [-0.1, -0.05) is 19.1 Å². The van der Waals surface area contributed by atoms with Gasteiger partial charge in [-0.25, -0.2) is 9.37 Å². The first-order chi connectivity index (χ1) is 8.19. The van der Waals surface area contributed by atoms with Crippen LogP contribution < -0.4 is 5.73 Å². The molecule has 1 unspecified atom stereocenters. The predicted octanol–water partition coefficient (Wildman–Crippen LogP) is 3.23. The van der Waals surface area contributed by atoms with Crippen molar-refractivity contribution in [2.75, 3.05) is 0 Å². The molecule has 0 saturated heterocycles. The Kier molecular flexibility index (Phi) is 3.86. The van der Waals surface area contributed by atoms with Crippen molar-refractivity contribution in [1.29, 1.82) is 0 Å². The van der Waals surface area contributed by atoms with Crippen LogP contribution in [0.1, 0.15) is 18.4 Å². The van der Waals surface area contributed by atoms with E-state index in [2.05, 4.69) is 11.9 Å². The first kappa shape index (κ1) is 12.2. The molecule has 0 saturated carbocycles. The van der Waals surface area contributed by atoms with Crippen LogP contribution in [0.5, 0.6) is 0 Å². The van der Waals surface area contributed by atoms with Gasteiger partial charge in [0.25, 0.3) is 0 Å². The zero-order valence-corrected chi connectivity index (χ0v) is 10.5. The van der Waals surface area contributed by atoms with Gasteiger partial charge >= 0.3 is 0 Å². The van der Waals surface area contributed by atoms with Crippen molar-refractivity contribution in [2.24, 2.45) is 5.73 Å². The lowest BCUT2D eigenvalue weighted by atomic mass is 10.1. The molecule has 0 spiro atoms. The molecule has 0 aliphatic heterocycles. The third-order valence-corrected chi connectivity index (χ3v) is 3.50. The molecule has 17 heavy (non-hydrogen) atoms. The van der Waals surface area contributed by atoms with E-state index in [-0.39, 0.29) is 11.9 Å². The van der Waals surface area contributed by atoms with Crippen molar-refractivity contribution < 1.29 is 4.39 Å². The van der Waals surface area contributed by atoms with Gasteiger partial charge in [-0.2, -0.15) is 0 Å². The Labute approximate surface area is 104 Å². The predicted molar refractivity (Wildman–Crippen MR) is 69.5 cm³/mol. The van der Waals surface area contributed by atoms with Crippen LogP contribution in [-0.2, 0) is 6.42 Å². The summed E-state index contributed by atoms with van der Waals surface area (Å²) >= 11 is 1.58. The fourth-order valence-electron chi connectivity index (χ4n) is 1.55. The first-order valence-corrected chi connectivity index (χ1v) is 6.53. The van der Waals surface area contributed by atoms with Crippen molar-refractivity contribution in [3.63, 3.8) is 0 Å². The van der Waals surface area contributed by atoms with Crippen LogP contribution in [0.2, 0.25) is 0 Å². The topological polar surface area (TPSA) is 38.9 Å². The van der Waals surface area contributed by atoms with Gasteiger partial charge < -0.3 is 5.73 Å². The Morgan fingerprint density at radius 3 is 3.00 bits per heavy atom. The molecule has 2 N–H and O–H groups in total. The smallest absolute Gasteiger partial charge is 0.123 e. The molecule has 0 aliphatic rings. The zero-order valence-electron chi connectivity index (χ0n) is 9.69. The van der Waals surface area contributed by atoms with Crippen LogP contribution >= 0.6 is 11.3 Å². The van der Waals surface area contributed by atoms with E-state index in [4.69, 9.17) is 5.73 Å². The van der Waals surface area contributed by atoms with E-state index in [1.807, 2.05) is 11.4 Å². The van der Waals surface area contributed by atoms with Crippen molar-refractivity contribution in [1.82, 2.24) is 4.98 Å². The number of nitrogens with zero attached hydrogens (tertiary/aromatic N) is 1. The number of thiazole rings is 1. The lowest BCUT2D eigenvalue weighted by Gasteiger charge is -2.04. The molecule has 2 nitrogen and oxygen atoms in total.